The highest BCUT2D eigenvalue weighted by Crippen LogP contribution is 2.29. The van der Waals surface area contributed by atoms with E-state index in [9.17, 15) is 14.7 Å². The number of Topliss-reactive ketones (excluding diaryl/α,β-unsaturated/α-hetero) is 1. The van der Waals surface area contributed by atoms with E-state index < -0.39 is 11.8 Å². The van der Waals surface area contributed by atoms with Crippen molar-refractivity contribution in [2.24, 2.45) is 0 Å². The minimum Gasteiger partial charge on any atom is -0.477 e. The van der Waals surface area contributed by atoms with Gasteiger partial charge in [0.25, 0.3) is 5.13 Å². The number of hydrogen-bond donors (Lipinski definition) is 3. The molecular formula is C20H23N3O3S+2. The van der Waals surface area contributed by atoms with Gasteiger partial charge in [0.1, 0.15) is 11.9 Å². The fourth-order valence-corrected chi connectivity index (χ4v) is 4.78. The van der Waals surface area contributed by atoms with Gasteiger partial charge in [-0.3, -0.25) is 14.6 Å². The van der Waals surface area contributed by atoms with Crippen LogP contribution in [0.4, 0.5) is 10.8 Å². The number of nitrogens with zero attached hydrogens (tertiary/aromatic N) is 1. The number of fused-ring (bicyclic) bond motifs is 1. The maximum atomic E-state index is 12.5. The zero-order valence-electron chi connectivity index (χ0n) is 15.2. The lowest BCUT2D eigenvalue weighted by Gasteiger charge is -2.21. The normalized spacial score (nSPS) is 20.3. The lowest BCUT2D eigenvalue weighted by Crippen LogP contribution is -3.08. The zero-order chi connectivity index (χ0) is 19.0. The number of thiazole rings is 1. The van der Waals surface area contributed by atoms with Gasteiger partial charge >= 0.3 is 5.97 Å². The summed E-state index contributed by atoms with van der Waals surface area (Å²) in [6.07, 6.45) is 5.32. The highest BCUT2D eigenvalue weighted by atomic mass is 32.1. The Kier molecular flexibility index (Phi) is 4.90. The Bertz CT molecular complexity index is 928. The highest BCUT2D eigenvalue weighted by molar-refractivity contribution is 7.13. The third-order valence-corrected chi connectivity index (χ3v) is 6.29. The van der Waals surface area contributed by atoms with E-state index in [1.807, 2.05) is 19.1 Å². The minimum absolute atomic E-state index is 0.156. The van der Waals surface area contributed by atoms with E-state index in [1.54, 1.807) is 17.4 Å². The van der Waals surface area contributed by atoms with Gasteiger partial charge in [-0.15, -0.1) is 0 Å². The predicted octanol–water partition coefficient (Wildman–Crippen LogP) is 1.21. The molecule has 27 heavy (non-hydrogen) atoms. The topological polar surface area (TPSA) is 76.1 Å². The summed E-state index contributed by atoms with van der Waals surface area (Å²) >= 11 is 1.69. The first kappa shape index (κ1) is 18.0. The number of quaternary nitrogens is 2. The molecule has 1 fully saturated rings. The average molecular weight is 385 g/mol. The first-order chi connectivity index (χ1) is 13.1. The fourth-order valence-electron chi connectivity index (χ4n) is 3.84. The van der Waals surface area contributed by atoms with Crippen LogP contribution in [-0.4, -0.2) is 41.5 Å². The Labute approximate surface area is 161 Å². The lowest BCUT2D eigenvalue weighted by molar-refractivity contribution is -0.837. The summed E-state index contributed by atoms with van der Waals surface area (Å²) in [5.74, 6) is -1.59. The van der Waals surface area contributed by atoms with Crippen LogP contribution >= 0.6 is 11.3 Å². The van der Waals surface area contributed by atoms with E-state index in [1.165, 1.54) is 30.4 Å². The van der Waals surface area contributed by atoms with E-state index in [2.05, 4.69) is 5.38 Å². The van der Waals surface area contributed by atoms with Gasteiger partial charge in [-0.2, -0.15) is 4.98 Å². The fraction of sp³-hybridized carbons (Fsp3) is 0.350. The van der Waals surface area contributed by atoms with Crippen LogP contribution in [0.25, 0.3) is 11.3 Å². The molecule has 6 nitrogen and oxygen atoms in total. The van der Waals surface area contributed by atoms with Gasteiger partial charge in [0.15, 0.2) is 5.57 Å². The summed E-state index contributed by atoms with van der Waals surface area (Å²) in [5, 5.41) is 12.5. The van der Waals surface area contributed by atoms with Crippen LogP contribution in [0.15, 0.2) is 35.4 Å². The van der Waals surface area contributed by atoms with Crippen LogP contribution < -0.4 is 9.80 Å². The number of benzene rings is 1. The highest BCUT2D eigenvalue weighted by Gasteiger charge is 2.33. The first-order valence-corrected chi connectivity index (χ1v) is 10.3. The van der Waals surface area contributed by atoms with Crippen LogP contribution in [0.5, 0.6) is 0 Å². The van der Waals surface area contributed by atoms with Crippen molar-refractivity contribution in [3.63, 3.8) is 0 Å². The molecule has 0 radical (unpaired) electrons. The minimum atomic E-state index is -1.17. The van der Waals surface area contributed by atoms with Crippen LogP contribution in [0.2, 0.25) is 0 Å². The van der Waals surface area contributed by atoms with Gasteiger partial charge in [0.05, 0.1) is 30.9 Å². The van der Waals surface area contributed by atoms with Gasteiger partial charge in [-0.05, 0) is 32.3 Å². The largest absolute Gasteiger partial charge is 0.477 e. The van der Waals surface area contributed by atoms with Crippen molar-refractivity contribution < 1.29 is 24.5 Å². The van der Waals surface area contributed by atoms with E-state index in [0.29, 0.717) is 12.1 Å². The standard InChI is InChI=1S/C20H21N3O3S/c1-2-22-11-15(19(25)26)18(24)14-7-6-13(10-17(14)22)16-12-27-20(21-16)23-8-4-3-5-9-23/h6-7,10-12H,2-5,8-9H2,1H3,(H,25,26)/p+2. The number of carbonyl (C=O) groups excluding carboxylic acids is 1. The van der Waals surface area contributed by atoms with Crippen molar-refractivity contribution in [2.75, 3.05) is 19.6 Å². The number of rotatable bonds is 4. The number of piperidine rings is 1. The van der Waals surface area contributed by atoms with Crippen molar-refractivity contribution in [2.45, 2.75) is 26.2 Å². The molecule has 0 amide bonds. The zero-order valence-corrected chi connectivity index (χ0v) is 16.1. The summed E-state index contributed by atoms with van der Waals surface area (Å²) in [6, 6.07) is 5.59. The van der Waals surface area contributed by atoms with Crippen molar-refractivity contribution in [3.8, 4) is 11.3 Å². The molecule has 7 heteroatoms. The summed E-state index contributed by atoms with van der Waals surface area (Å²) in [6.45, 7) is 4.92. The third-order valence-electron chi connectivity index (χ3n) is 5.34. The number of nitrogens with one attached hydrogen (secondary N) is 2. The van der Waals surface area contributed by atoms with E-state index in [0.717, 1.165) is 40.1 Å². The Morgan fingerprint density at radius 3 is 2.74 bits per heavy atom. The van der Waals surface area contributed by atoms with E-state index >= 15 is 0 Å². The molecule has 0 saturated carbocycles. The SMILES string of the molecule is CC[NH+]1C=C(C(=O)O)C(=O)c2ccc(-c3csc([NH+]4CCCCC4)n3)cc21. The van der Waals surface area contributed by atoms with Crippen LogP contribution in [-0.2, 0) is 4.79 Å². The molecule has 0 bridgehead atoms. The number of aliphatic carboxylic acids is 1. The first-order valence-electron chi connectivity index (χ1n) is 9.39. The average Bonchev–Trinajstić information content (AvgIpc) is 3.19. The van der Waals surface area contributed by atoms with Crippen molar-refractivity contribution >= 4 is 33.9 Å². The van der Waals surface area contributed by atoms with Crippen LogP contribution in [0.3, 0.4) is 0 Å². The quantitative estimate of drug-likeness (QED) is 0.692. The molecule has 0 spiro atoms. The monoisotopic (exact) mass is 385 g/mol. The van der Waals surface area contributed by atoms with E-state index in [4.69, 9.17) is 4.98 Å². The second kappa shape index (κ2) is 7.34. The molecule has 140 valence electrons. The van der Waals surface area contributed by atoms with Gasteiger partial charge in [0.2, 0.25) is 5.78 Å². The van der Waals surface area contributed by atoms with Gasteiger partial charge in [-0.1, -0.05) is 17.4 Å². The molecule has 1 unspecified atom stereocenters. The molecule has 0 aliphatic carbocycles. The predicted molar refractivity (Wildman–Crippen MR) is 103 cm³/mol. The van der Waals surface area contributed by atoms with Crippen molar-refractivity contribution in [1.82, 2.24) is 4.98 Å². The summed E-state index contributed by atoms with van der Waals surface area (Å²) < 4.78 is 0. The van der Waals surface area contributed by atoms with Crippen LogP contribution in [0, 0.1) is 0 Å². The second-order valence-electron chi connectivity index (χ2n) is 7.03. The van der Waals surface area contributed by atoms with Gasteiger partial charge < -0.3 is 5.11 Å². The molecule has 1 aromatic heterocycles. The Morgan fingerprint density at radius 2 is 2.04 bits per heavy atom. The number of carbonyl (C=O) groups is 2. The molecule has 2 aliphatic heterocycles. The molecule has 2 aromatic rings. The van der Waals surface area contributed by atoms with Crippen molar-refractivity contribution in [3.05, 3.63) is 40.9 Å². The molecule has 4 rings (SSSR count). The number of aromatic nitrogens is 1. The number of ketones is 1. The Hall–Kier alpha value is -2.35. The maximum Gasteiger partial charge on any atom is 0.345 e. The van der Waals surface area contributed by atoms with Crippen LogP contribution in [0.1, 0.15) is 36.5 Å². The molecule has 1 aromatic carbocycles. The summed E-state index contributed by atoms with van der Waals surface area (Å²) in [4.78, 5) is 31.0. The summed E-state index contributed by atoms with van der Waals surface area (Å²) in [5.41, 5.74) is 3.03. The molecule has 2 aliphatic rings. The van der Waals surface area contributed by atoms with E-state index in [-0.39, 0.29) is 5.57 Å². The molecular weight excluding hydrogens is 362 g/mol. The maximum absolute atomic E-state index is 12.5. The molecule has 3 N–H and O–H groups in total. The van der Waals surface area contributed by atoms with Gasteiger partial charge in [-0.25, -0.2) is 4.79 Å². The third kappa shape index (κ3) is 3.34. The Balaban J connectivity index is 1.68. The Morgan fingerprint density at radius 1 is 1.26 bits per heavy atom. The van der Waals surface area contributed by atoms with Gasteiger partial charge in [0, 0.05) is 17.0 Å². The molecule has 3 heterocycles. The van der Waals surface area contributed by atoms with Crippen molar-refractivity contribution in [1.29, 1.82) is 0 Å². The molecule has 1 atom stereocenters. The summed E-state index contributed by atoms with van der Waals surface area (Å²) in [7, 11) is 0. The smallest absolute Gasteiger partial charge is 0.345 e. The number of hydrogen-bond acceptors (Lipinski definition) is 4. The number of carboxylic acids is 1. The second-order valence-corrected chi connectivity index (χ2v) is 7.89. The molecule has 1 saturated heterocycles. The lowest BCUT2D eigenvalue weighted by atomic mass is 9.96. The number of carboxylic acid groups (broad SMARTS) is 1.